The summed E-state index contributed by atoms with van der Waals surface area (Å²) < 4.78 is 4.51. The average Bonchev–Trinajstić information content (AvgIpc) is 2.18. The summed E-state index contributed by atoms with van der Waals surface area (Å²) in [7, 11) is 1.32. The number of esters is 1. The molecule has 5 heteroatoms. The number of rotatable bonds is 2. The van der Waals surface area contributed by atoms with Crippen LogP contribution in [0.2, 0.25) is 0 Å². The second kappa shape index (κ2) is 5.71. The van der Waals surface area contributed by atoms with Crippen LogP contribution in [-0.4, -0.2) is 24.5 Å². The Balaban J connectivity index is 0.00000169. The maximum absolute atomic E-state index is 11.0. The van der Waals surface area contributed by atoms with Crippen molar-refractivity contribution in [2.75, 3.05) is 7.11 Å². The molecule has 76 valence electrons. The van der Waals surface area contributed by atoms with Crippen molar-refractivity contribution in [2.24, 2.45) is 5.16 Å². The Bertz CT molecular complexity index is 319. The minimum atomic E-state index is -0.382. The predicted octanol–water partition coefficient (Wildman–Crippen LogP) is 1.44. The summed E-state index contributed by atoms with van der Waals surface area (Å²) >= 11 is 0. The second-order valence-corrected chi connectivity index (χ2v) is 2.36. The van der Waals surface area contributed by atoms with Crippen LogP contribution in [0.15, 0.2) is 29.4 Å². The molecule has 0 heterocycles. The third-order valence-electron chi connectivity index (χ3n) is 1.54. The normalized spacial score (nSPS) is 9.50. The summed E-state index contributed by atoms with van der Waals surface area (Å²) in [4.78, 5) is 11.0. The summed E-state index contributed by atoms with van der Waals surface area (Å²) in [6.07, 6.45) is 1.28. The van der Waals surface area contributed by atoms with Crippen molar-refractivity contribution in [2.45, 2.75) is 0 Å². The predicted molar refractivity (Wildman–Crippen MR) is 52.2 cm³/mol. The van der Waals surface area contributed by atoms with Crippen LogP contribution in [0.25, 0.3) is 0 Å². The van der Waals surface area contributed by atoms with Gasteiger partial charge in [-0.1, -0.05) is 17.3 Å². The Morgan fingerprint density at radius 3 is 2.43 bits per heavy atom. The molecule has 0 spiro atoms. The molecule has 1 aromatic carbocycles. The lowest BCUT2D eigenvalue weighted by Gasteiger charge is -1.98. The van der Waals surface area contributed by atoms with E-state index in [1.807, 2.05) is 0 Å². The van der Waals surface area contributed by atoms with E-state index in [1.54, 1.807) is 24.3 Å². The molecule has 0 saturated carbocycles. The maximum atomic E-state index is 11.0. The van der Waals surface area contributed by atoms with Gasteiger partial charge in [-0.3, -0.25) is 0 Å². The van der Waals surface area contributed by atoms with Gasteiger partial charge >= 0.3 is 5.97 Å². The molecule has 0 radical (unpaired) electrons. The van der Waals surface area contributed by atoms with Crippen molar-refractivity contribution >= 4 is 12.2 Å². The molecular formula is C9H12N2O3. The largest absolute Gasteiger partial charge is 0.465 e. The lowest BCUT2D eigenvalue weighted by atomic mass is 10.1. The fourth-order valence-electron chi connectivity index (χ4n) is 0.890. The highest BCUT2D eigenvalue weighted by Gasteiger charge is 2.02. The number of methoxy groups -OCH3 is 1. The third-order valence-corrected chi connectivity index (χ3v) is 1.54. The van der Waals surface area contributed by atoms with E-state index in [1.165, 1.54) is 13.3 Å². The first-order valence-corrected chi connectivity index (χ1v) is 3.63. The molecular weight excluding hydrogens is 184 g/mol. The van der Waals surface area contributed by atoms with Gasteiger partial charge in [0, 0.05) is 0 Å². The Kier molecular flexibility index (Phi) is 4.95. The van der Waals surface area contributed by atoms with Gasteiger partial charge in [0.1, 0.15) is 0 Å². The van der Waals surface area contributed by atoms with E-state index >= 15 is 0 Å². The van der Waals surface area contributed by atoms with Crippen LogP contribution in [-0.2, 0) is 4.74 Å². The summed E-state index contributed by atoms with van der Waals surface area (Å²) in [5, 5.41) is 11.1. The number of nitrogens with zero attached hydrogens (tertiary/aromatic N) is 1. The van der Waals surface area contributed by atoms with Crippen molar-refractivity contribution in [3.8, 4) is 0 Å². The van der Waals surface area contributed by atoms with E-state index in [0.717, 1.165) is 5.56 Å². The zero-order chi connectivity index (χ0) is 9.68. The first kappa shape index (κ1) is 12.1. The zero-order valence-electron chi connectivity index (χ0n) is 7.80. The number of benzene rings is 1. The summed E-state index contributed by atoms with van der Waals surface area (Å²) in [6.45, 7) is 0. The summed E-state index contributed by atoms with van der Waals surface area (Å²) in [6, 6.07) is 6.52. The molecule has 1 rings (SSSR count). The van der Waals surface area contributed by atoms with Gasteiger partial charge in [-0.2, -0.15) is 0 Å². The van der Waals surface area contributed by atoms with Crippen molar-refractivity contribution in [1.29, 1.82) is 0 Å². The molecule has 0 amide bonds. The van der Waals surface area contributed by atoms with Gasteiger partial charge in [-0.25, -0.2) is 4.79 Å². The number of hydrogen-bond donors (Lipinski definition) is 2. The fraction of sp³-hybridized carbons (Fsp3) is 0.111. The Hall–Kier alpha value is -1.88. The first-order chi connectivity index (χ1) is 6.27. The number of ether oxygens (including phenoxy) is 1. The van der Waals surface area contributed by atoms with Gasteiger partial charge in [0.25, 0.3) is 0 Å². The van der Waals surface area contributed by atoms with E-state index in [4.69, 9.17) is 5.21 Å². The maximum Gasteiger partial charge on any atom is 0.337 e. The number of hydrogen-bond acceptors (Lipinski definition) is 5. The van der Waals surface area contributed by atoms with Gasteiger partial charge in [-0.15, -0.1) is 0 Å². The molecule has 1 aromatic rings. The molecule has 0 fully saturated rings. The van der Waals surface area contributed by atoms with Crippen LogP contribution in [0, 0.1) is 0 Å². The minimum absolute atomic E-state index is 0. The number of carbonyl (C=O) groups excluding carboxylic acids is 1. The van der Waals surface area contributed by atoms with Gasteiger partial charge in [-0.05, 0) is 17.7 Å². The molecule has 0 aliphatic carbocycles. The smallest absolute Gasteiger partial charge is 0.337 e. The van der Waals surface area contributed by atoms with Gasteiger partial charge in [0.15, 0.2) is 0 Å². The molecule has 0 aliphatic rings. The van der Waals surface area contributed by atoms with Crippen molar-refractivity contribution < 1.29 is 14.7 Å². The molecule has 0 atom stereocenters. The molecule has 0 unspecified atom stereocenters. The highest BCUT2D eigenvalue weighted by molar-refractivity contribution is 5.90. The van der Waals surface area contributed by atoms with Gasteiger partial charge in [0.2, 0.25) is 0 Å². The van der Waals surface area contributed by atoms with E-state index < -0.39 is 0 Å². The lowest BCUT2D eigenvalue weighted by Crippen LogP contribution is -2.00. The van der Waals surface area contributed by atoms with Crippen molar-refractivity contribution in [3.05, 3.63) is 35.4 Å². The lowest BCUT2D eigenvalue weighted by molar-refractivity contribution is 0.0601. The van der Waals surface area contributed by atoms with Gasteiger partial charge < -0.3 is 16.1 Å². The van der Waals surface area contributed by atoms with E-state index in [0.29, 0.717) is 5.56 Å². The van der Waals surface area contributed by atoms with E-state index in [9.17, 15) is 4.79 Å². The highest BCUT2D eigenvalue weighted by Crippen LogP contribution is 2.03. The van der Waals surface area contributed by atoms with Crippen LogP contribution in [0.3, 0.4) is 0 Å². The summed E-state index contributed by atoms with van der Waals surface area (Å²) in [5.41, 5.74) is 1.19. The van der Waals surface area contributed by atoms with Crippen LogP contribution >= 0.6 is 0 Å². The molecule has 0 bridgehead atoms. The third kappa shape index (κ3) is 2.87. The zero-order valence-corrected chi connectivity index (χ0v) is 7.80. The molecule has 0 saturated heterocycles. The summed E-state index contributed by atoms with van der Waals surface area (Å²) in [5.74, 6) is -0.382. The topological polar surface area (TPSA) is 93.9 Å². The quantitative estimate of drug-likeness (QED) is 0.324. The Labute approximate surface area is 81.6 Å². The monoisotopic (exact) mass is 196 g/mol. The van der Waals surface area contributed by atoms with Gasteiger partial charge in [0.05, 0.1) is 18.9 Å². The second-order valence-electron chi connectivity index (χ2n) is 2.36. The van der Waals surface area contributed by atoms with E-state index in [-0.39, 0.29) is 12.1 Å². The fourth-order valence-corrected chi connectivity index (χ4v) is 0.890. The number of oxime groups is 1. The van der Waals surface area contributed by atoms with Crippen LogP contribution in [0.1, 0.15) is 15.9 Å². The molecule has 4 N–H and O–H groups in total. The number of carbonyl (C=O) groups is 1. The van der Waals surface area contributed by atoms with E-state index in [2.05, 4.69) is 9.89 Å². The highest BCUT2D eigenvalue weighted by atomic mass is 16.5. The van der Waals surface area contributed by atoms with Crippen molar-refractivity contribution in [3.63, 3.8) is 0 Å². The average molecular weight is 196 g/mol. The van der Waals surface area contributed by atoms with Crippen molar-refractivity contribution in [1.82, 2.24) is 6.15 Å². The van der Waals surface area contributed by atoms with Crippen LogP contribution in [0.5, 0.6) is 0 Å². The standard InChI is InChI=1S/C9H9NO3.H3N/c1-13-9(11)8-4-2-7(3-5-8)6-10-12;/h2-6,12H,1H3;1H3. The minimum Gasteiger partial charge on any atom is -0.465 e. The molecule has 14 heavy (non-hydrogen) atoms. The van der Waals surface area contributed by atoms with Crippen LogP contribution in [0.4, 0.5) is 0 Å². The molecule has 0 aliphatic heterocycles. The first-order valence-electron chi connectivity index (χ1n) is 3.63. The SMILES string of the molecule is COC(=O)c1ccc(C=NO)cc1.N. The molecule has 5 nitrogen and oxygen atoms in total. The molecule has 0 aromatic heterocycles. The Morgan fingerprint density at radius 1 is 1.43 bits per heavy atom. The Morgan fingerprint density at radius 2 is 2.00 bits per heavy atom. The van der Waals surface area contributed by atoms with Crippen LogP contribution < -0.4 is 6.15 Å².